The van der Waals surface area contributed by atoms with Crippen LogP contribution < -0.4 is 5.73 Å². The van der Waals surface area contributed by atoms with Crippen LogP contribution in [0.4, 0.5) is 0 Å². The normalized spacial score (nSPS) is 35.6. The second-order valence-electron chi connectivity index (χ2n) is 4.94. The highest BCUT2D eigenvalue weighted by Crippen LogP contribution is 2.35. The average molecular weight is 227 g/mol. The number of oxime groups is 1. The molecular formula is C11H21N3O2. The van der Waals surface area contributed by atoms with Crippen molar-refractivity contribution in [2.24, 2.45) is 10.9 Å². The number of amidine groups is 1. The Balaban J connectivity index is 1.78. The number of hydrogen-bond acceptors (Lipinski definition) is 4. The van der Waals surface area contributed by atoms with Gasteiger partial charge in [-0.2, -0.15) is 0 Å². The average Bonchev–Trinajstić information content (AvgIpc) is 2.51. The number of nitrogens with zero attached hydrogens (tertiary/aromatic N) is 2. The molecule has 92 valence electrons. The Hall–Kier alpha value is -0.810. The van der Waals surface area contributed by atoms with E-state index in [4.69, 9.17) is 10.9 Å². The lowest BCUT2D eigenvalue weighted by Crippen LogP contribution is -2.45. The molecule has 2 atom stereocenters. The van der Waals surface area contributed by atoms with Crippen molar-refractivity contribution in [2.75, 3.05) is 6.54 Å². The molecule has 16 heavy (non-hydrogen) atoms. The Morgan fingerprint density at radius 1 is 1.31 bits per heavy atom. The Morgan fingerprint density at radius 3 is 2.50 bits per heavy atom. The number of rotatable bonds is 4. The fourth-order valence-electron chi connectivity index (χ4n) is 3.10. The Bertz CT molecular complexity index is 256. The van der Waals surface area contributed by atoms with E-state index in [1.54, 1.807) is 0 Å². The molecule has 4 N–H and O–H groups in total. The van der Waals surface area contributed by atoms with Crippen LogP contribution in [0.25, 0.3) is 0 Å². The first-order valence-corrected chi connectivity index (χ1v) is 6.11. The summed E-state index contributed by atoms with van der Waals surface area (Å²) >= 11 is 0. The number of hydrogen-bond donors (Lipinski definition) is 3. The van der Waals surface area contributed by atoms with Crippen molar-refractivity contribution in [3.63, 3.8) is 0 Å². The smallest absolute Gasteiger partial charge is 0.139 e. The molecule has 0 spiro atoms. The van der Waals surface area contributed by atoms with Crippen LogP contribution in [-0.4, -0.2) is 45.8 Å². The van der Waals surface area contributed by atoms with Gasteiger partial charge in [-0.3, -0.25) is 4.90 Å². The van der Waals surface area contributed by atoms with Crippen molar-refractivity contribution in [1.29, 1.82) is 0 Å². The van der Waals surface area contributed by atoms with Crippen LogP contribution in [-0.2, 0) is 0 Å². The van der Waals surface area contributed by atoms with Crippen molar-refractivity contribution in [3.8, 4) is 0 Å². The van der Waals surface area contributed by atoms with Crippen LogP contribution in [0.15, 0.2) is 5.16 Å². The van der Waals surface area contributed by atoms with Gasteiger partial charge >= 0.3 is 0 Å². The van der Waals surface area contributed by atoms with E-state index >= 15 is 0 Å². The van der Waals surface area contributed by atoms with Crippen molar-refractivity contribution in [3.05, 3.63) is 0 Å². The van der Waals surface area contributed by atoms with Gasteiger partial charge in [0.25, 0.3) is 0 Å². The van der Waals surface area contributed by atoms with Gasteiger partial charge in [-0.05, 0) is 38.6 Å². The van der Waals surface area contributed by atoms with Gasteiger partial charge in [0.1, 0.15) is 5.84 Å². The Kier molecular flexibility index (Phi) is 3.66. The molecule has 2 bridgehead atoms. The second-order valence-corrected chi connectivity index (χ2v) is 4.94. The van der Waals surface area contributed by atoms with Gasteiger partial charge in [0.15, 0.2) is 0 Å². The lowest BCUT2D eigenvalue weighted by atomic mass is 9.99. The maximum Gasteiger partial charge on any atom is 0.139 e. The molecule has 0 saturated carbocycles. The van der Waals surface area contributed by atoms with Crippen LogP contribution in [0.2, 0.25) is 0 Å². The molecule has 2 aliphatic rings. The zero-order valence-electron chi connectivity index (χ0n) is 9.55. The quantitative estimate of drug-likeness (QED) is 0.283. The maximum atomic E-state index is 9.66. The molecule has 2 unspecified atom stereocenters. The summed E-state index contributed by atoms with van der Waals surface area (Å²) in [5, 5.41) is 21.1. The van der Waals surface area contributed by atoms with E-state index in [1.807, 2.05) is 0 Å². The first-order chi connectivity index (χ1) is 7.70. The minimum atomic E-state index is -0.0992. The SMILES string of the molecule is NC(CCCN1C2CCC1CC(O)C2)=NO. The first-order valence-electron chi connectivity index (χ1n) is 6.11. The van der Waals surface area contributed by atoms with Crippen LogP contribution in [0.5, 0.6) is 0 Å². The van der Waals surface area contributed by atoms with E-state index in [0.29, 0.717) is 24.3 Å². The lowest BCUT2D eigenvalue weighted by Gasteiger charge is -2.37. The molecule has 2 saturated heterocycles. The molecule has 0 aromatic carbocycles. The van der Waals surface area contributed by atoms with E-state index in [-0.39, 0.29) is 6.10 Å². The predicted octanol–water partition coefficient (Wildman–Crippen LogP) is 0.501. The molecule has 2 heterocycles. The molecule has 0 amide bonds. The summed E-state index contributed by atoms with van der Waals surface area (Å²) in [6.45, 7) is 0.998. The molecule has 0 aromatic heterocycles. The molecule has 5 nitrogen and oxygen atoms in total. The number of piperidine rings is 1. The van der Waals surface area contributed by atoms with Crippen LogP contribution in [0.3, 0.4) is 0 Å². The van der Waals surface area contributed by atoms with Gasteiger partial charge in [0.05, 0.1) is 6.10 Å². The molecule has 0 aliphatic carbocycles. The van der Waals surface area contributed by atoms with Gasteiger partial charge in [0.2, 0.25) is 0 Å². The summed E-state index contributed by atoms with van der Waals surface area (Å²) in [6.07, 6.45) is 5.74. The van der Waals surface area contributed by atoms with E-state index in [1.165, 1.54) is 12.8 Å². The summed E-state index contributed by atoms with van der Waals surface area (Å²) in [4.78, 5) is 2.50. The Morgan fingerprint density at radius 2 is 1.94 bits per heavy atom. The van der Waals surface area contributed by atoms with Crippen LogP contribution >= 0.6 is 0 Å². The van der Waals surface area contributed by atoms with Crippen LogP contribution in [0, 0.1) is 0 Å². The third kappa shape index (κ3) is 2.47. The summed E-state index contributed by atoms with van der Waals surface area (Å²) in [7, 11) is 0. The number of aliphatic hydroxyl groups excluding tert-OH is 1. The van der Waals surface area contributed by atoms with Crippen molar-refractivity contribution >= 4 is 5.84 Å². The van der Waals surface area contributed by atoms with Gasteiger partial charge in [-0.15, -0.1) is 0 Å². The summed E-state index contributed by atoms with van der Waals surface area (Å²) in [5.41, 5.74) is 5.44. The van der Waals surface area contributed by atoms with Gasteiger partial charge in [-0.25, -0.2) is 0 Å². The zero-order chi connectivity index (χ0) is 11.5. The highest BCUT2D eigenvalue weighted by molar-refractivity contribution is 5.79. The molecule has 2 fully saturated rings. The zero-order valence-corrected chi connectivity index (χ0v) is 9.55. The van der Waals surface area contributed by atoms with Crippen molar-refractivity contribution < 1.29 is 10.3 Å². The third-order valence-corrected chi connectivity index (χ3v) is 3.84. The highest BCUT2D eigenvalue weighted by atomic mass is 16.4. The molecule has 0 radical (unpaired) electrons. The monoisotopic (exact) mass is 227 g/mol. The molecule has 2 aliphatic heterocycles. The van der Waals surface area contributed by atoms with E-state index in [9.17, 15) is 5.11 Å². The molecule has 0 aromatic rings. The number of nitrogens with two attached hydrogens (primary N) is 1. The van der Waals surface area contributed by atoms with E-state index in [0.717, 1.165) is 25.8 Å². The number of fused-ring (bicyclic) bond motifs is 2. The van der Waals surface area contributed by atoms with Gasteiger partial charge in [0, 0.05) is 18.5 Å². The Labute approximate surface area is 95.9 Å². The highest BCUT2D eigenvalue weighted by Gasteiger charge is 2.39. The molecule has 5 heteroatoms. The topological polar surface area (TPSA) is 82.1 Å². The summed E-state index contributed by atoms with van der Waals surface area (Å²) < 4.78 is 0. The number of aliphatic hydroxyl groups is 1. The predicted molar refractivity (Wildman–Crippen MR) is 61.4 cm³/mol. The standard InChI is InChI=1S/C11H21N3O2/c12-11(13-16)2-1-5-14-8-3-4-9(14)7-10(15)6-8/h8-10,15-16H,1-7H2,(H2,12,13). The fourth-order valence-corrected chi connectivity index (χ4v) is 3.10. The lowest BCUT2D eigenvalue weighted by molar-refractivity contribution is 0.0352. The summed E-state index contributed by atoms with van der Waals surface area (Å²) in [6, 6.07) is 1.11. The van der Waals surface area contributed by atoms with Gasteiger partial charge in [-0.1, -0.05) is 5.16 Å². The first kappa shape index (κ1) is 11.7. The van der Waals surface area contributed by atoms with E-state index in [2.05, 4.69) is 10.1 Å². The van der Waals surface area contributed by atoms with E-state index < -0.39 is 0 Å². The fraction of sp³-hybridized carbons (Fsp3) is 0.909. The molecular weight excluding hydrogens is 206 g/mol. The second kappa shape index (κ2) is 5.01. The third-order valence-electron chi connectivity index (χ3n) is 3.84. The summed E-state index contributed by atoms with van der Waals surface area (Å²) in [5.74, 6) is 0.310. The van der Waals surface area contributed by atoms with Crippen molar-refractivity contribution in [2.45, 2.75) is 56.7 Å². The van der Waals surface area contributed by atoms with Gasteiger partial charge < -0.3 is 16.0 Å². The minimum absolute atomic E-state index is 0.0992. The van der Waals surface area contributed by atoms with Crippen LogP contribution in [0.1, 0.15) is 38.5 Å². The maximum absolute atomic E-state index is 9.66. The molecule has 2 rings (SSSR count). The minimum Gasteiger partial charge on any atom is -0.409 e. The van der Waals surface area contributed by atoms with Crippen molar-refractivity contribution in [1.82, 2.24) is 4.90 Å². The largest absolute Gasteiger partial charge is 0.409 e.